The second-order valence-corrected chi connectivity index (χ2v) is 7.73. The molecule has 3 aromatic rings. The third kappa shape index (κ3) is 5.67. The number of halogens is 3. The van der Waals surface area contributed by atoms with Crippen molar-refractivity contribution in [3.8, 4) is 11.5 Å². The van der Waals surface area contributed by atoms with Crippen LogP contribution in [0.4, 0.5) is 0 Å². The summed E-state index contributed by atoms with van der Waals surface area (Å²) in [7, 11) is 0. The monoisotopic (exact) mass is 483 g/mol. The highest BCUT2D eigenvalue weighted by molar-refractivity contribution is 9.10. The molecule has 0 spiro atoms. The van der Waals surface area contributed by atoms with Gasteiger partial charge < -0.3 is 19.2 Å². The summed E-state index contributed by atoms with van der Waals surface area (Å²) >= 11 is 15.6. The zero-order valence-corrected chi connectivity index (χ0v) is 18.4. The predicted molar refractivity (Wildman–Crippen MR) is 115 cm³/mol. The van der Waals surface area contributed by atoms with Crippen molar-refractivity contribution in [3.05, 3.63) is 80.1 Å². The van der Waals surface area contributed by atoms with Gasteiger partial charge in [-0.1, -0.05) is 29.3 Å². The maximum atomic E-state index is 6.08. The van der Waals surface area contributed by atoms with Crippen molar-refractivity contribution in [1.82, 2.24) is 5.32 Å². The molecule has 0 radical (unpaired) electrons. The van der Waals surface area contributed by atoms with Gasteiger partial charge >= 0.3 is 0 Å². The third-order valence-corrected chi connectivity index (χ3v) is 5.27. The second kappa shape index (κ2) is 10.2. The SMILES string of the molecule is CCOc1cc(CNCc2ccco2)cc(Br)c1OCc1ccc(Cl)c(Cl)c1. The summed E-state index contributed by atoms with van der Waals surface area (Å²) in [5.41, 5.74) is 2.00. The molecule has 0 atom stereocenters. The fraction of sp³-hybridized carbons (Fsp3) is 0.238. The fourth-order valence-electron chi connectivity index (χ4n) is 2.65. The zero-order valence-electron chi connectivity index (χ0n) is 15.3. The Morgan fingerprint density at radius 2 is 1.86 bits per heavy atom. The molecule has 0 aliphatic carbocycles. The Morgan fingerprint density at radius 1 is 1.00 bits per heavy atom. The van der Waals surface area contributed by atoms with Gasteiger partial charge in [-0.2, -0.15) is 0 Å². The Kier molecular flexibility index (Phi) is 7.68. The lowest BCUT2D eigenvalue weighted by molar-refractivity contribution is 0.267. The Labute approximate surface area is 182 Å². The van der Waals surface area contributed by atoms with Crippen LogP contribution in [0.5, 0.6) is 11.5 Å². The average Bonchev–Trinajstić information content (AvgIpc) is 3.17. The van der Waals surface area contributed by atoms with E-state index in [0.717, 1.165) is 21.4 Å². The Hall–Kier alpha value is -1.66. The maximum absolute atomic E-state index is 6.08. The highest BCUT2D eigenvalue weighted by atomic mass is 79.9. The Balaban J connectivity index is 1.69. The normalized spacial score (nSPS) is 10.9. The standard InChI is InChI=1S/C21H20BrCl2NO3/c1-2-26-20-10-15(11-25-12-16-4-3-7-27-16)8-17(22)21(20)28-13-14-5-6-18(23)19(24)9-14/h3-10,25H,2,11-13H2,1H3. The molecule has 0 aliphatic heterocycles. The summed E-state index contributed by atoms with van der Waals surface area (Å²) in [5.74, 6) is 2.24. The van der Waals surface area contributed by atoms with Crippen LogP contribution in [0.25, 0.3) is 0 Å². The predicted octanol–water partition coefficient (Wildman–Crippen LogP) is 6.62. The lowest BCUT2D eigenvalue weighted by atomic mass is 10.2. The lowest BCUT2D eigenvalue weighted by Gasteiger charge is -2.16. The van der Waals surface area contributed by atoms with Crippen LogP contribution in [0.3, 0.4) is 0 Å². The van der Waals surface area contributed by atoms with E-state index in [4.69, 9.17) is 37.1 Å². The highest BCUT2D eigenvalue weighted by Gasteiger charge is 2.13. The van der Waals surface area contributed by atoms with E-state index in [1.165, 1.54) is 0 Å². The molecule has 7 heteroatoms. The topological polar surface area (TPSA) is 43.6 Å². The molecule has 0 saturated heterocycles. The number of ether oxygens (including phenoxy) is 2. The van der Waals surface area contributed by atoms with Crippen LogP contribution in [-0.4, -0.2) is 6.61 Å². The zero-order chi connectivity index (χ0) is 19.9. The summed E-state index contributed by atoms with van der Waals surface area (Å²) in [4.78, 5) is 0. The van der Waals surface area contributed by atoms with Gasteiger partial charge in [0.05, 0.1) is 33.9 Å². The first-order valence-electron chi connectivity index (χ1n) is 8.82. The molecule has 3 rings (SSSR count). The molecule has 0 unspecified atom stereocenters. The third-order valence-electron chi connectivity index (χ3n) is 3.94. The van der Waals surface area contributed by atoms with Crippen molar-refractivity contribution in [2.45, 2.75) is 26.6 Å². The Bertz CT molecular complexity index is 916. The van der Waals surface area contributed by atoms with E-state index in [1.54, 1.807) is 18.4 Å². The van der Waals surface area contributed by atoms with Crippen molar-refractivity contribution in [3.63, 3.8) is 0 Å². The van der Waals surface area contributed by atoms with Gasteiger partial charge in [-0.25, -0.2) is 0 Å². The molecule has 0 fully saturated rings. The van der Waals surface area contributed by atoms with Crippen LogP contribution in [0, 0.1) is 0 Å². The van der Waals surface area contributed by atoms with Gasteiger partial charge in [-0.05, 0) is 70.4 Å². The van der Waals surface area contributed by atoms with E-state index in [2.05, 4.69) is 21.2 Å². The molecule has 148 valence electrons. The van der Waals surface area contributed by atoms with E-state index in [0.29, 0.717) is 47.8 Å². The van der Waals surface area contributed by atoms with Gasteiger partial charge in [0, 0.05) is 6.54 Å². The quantitative estimate of drug-likeness (QED) is 0.370. The summed E-state index contributed by atoms with van der Waals surface area (Å²) < 4.78 is 18.0. The van der Waals surface area contributed by atoms with E-state index < -0.39 is 0 Å². The number of benzene rings is 2. The molecule has 0 aliphatic rings. The van der Waals surface area contributed by atoms with Gasteiger partial charge in [0.2, 0.25) is 0 Å². The molecular formula is C21H20BrCl2NO3. The van der Waals surface area contributed by atoms with E-state index in [1.807, 2.05) is 37.3 Å². The van der Waals surface area contributed by atoms with Crippen LogP contribution in [0.1, 0.15) is 23.8 Å². The van der Waals surface area contributed by atoms with Crippen molar-refractivity contribution < 1.29 is 13.9 Å². The fourth-order valence-corrected chi connectivity index (χ4v) is 3.58. The Morgan fingerprint density at radius 3 is 2.57 bits per heavy atom. The van der Waals surface area contributed by atoms with E-state index in [9.17, 15) is 0 Å². The maximum Gasteiger partial charge on any atom is 0.175 e. The van der Waals surface area contributed by atoms with Crippen molar-refractivity contribution >= 4 is 39.1 Å². The minimum Gasteiger partial charge on any atom is -0.490 e. The lowest BCUT2D eigenvalue weighted by Crippen LogP contribution is -2.12. The summed E-state index contributed by atoms with van der Waals surface area (Å²) in [6, 6.07) is 13.3. The number of rotatable bonds is 9. The number of nitrogens with one attached hydrogen (secondary N) is 1. The van der Waals surface area contributed by atoms with Gasteiger partial charge in [-0.3, -0.25) is 0 Å². The van der Waals surface area contributed by atoms with Crippen LogP contribution in [0.15, 0.2) is 57.6 Å². The first-order chi connectivity index (χ1) is 13.6. The van der Waals surface area contributed by atoms with Crippen molar-refractivity contribution in [2.24, 2.45) is 0 Å². The minimum atomic E-state index is 0.353. The molecule has 0 amide bonds. The van der Waals surface area contributed by atoms with Crippen LogP contribution in [0.2, 0.25) is 10.0 Å². The molecular weight excluding hydrogens is 465 g/mol. The largest absolute Gasteiger partial charge is 0.490 e. The van der Waals surface area contributed by atoms with Gasteiger partial charge in [0.25, 0.3) is 0 Å². The molecule has 2 aromatic carbocycles. The highest BCUT2D eigenvalue weighted by Crippen LogP contribution is 2.37. The number of hydrogen-bond acceptors (Lipinski definition) is 4. The van der Waals surface area contributed by atoms with Crippen LogP contribution >= 0.6 is 39.1 Å². The smallest absolute Gasteiger partial charge is 0.175 e. The summed E-state index contributed by atoms with van der Waals surface area (Å²) in [5, 5.41) is 4.38. The van der Waals surface area contributed by atoms with Gasteiger partial charge in [0.1, 0.15) is 12.4 Å². The molecule has 0 bridgehead atoms. The number of hydrogen-bond donors (Lipinski definition) is 1. The van der Waals surface area contributed by atoms with E-state index in [-0.39, 0.29) is 0 Å². The number of furan rings is 1. The molecule has 1 N–H and O–H groups in total. The van der Waals surface area contributed by atoms with Gasteiger partial charge in [0.15, 0.2) is 11.5 Å². The van der Waals surface area contributed by atoms with Crippen LogP contribution in [-0.2, 0) is 19.7 Å². The molecule has 1 heterocycles. The minimum absolute atomic E-state index is 0.353. The van der Waals surface area contributed by atoms with Crippen LogP contribution < -0.4 is 14.8 Å². The molecule has 4 nitrogen and oxygen atoms in total. The molecule has 0 saturated carbocycles. The second-order valence-electron chi connectivity index (χ2n) is 6.06. The summed E-state index contributed by atoms with van der Waals surface area (Å²) in [6.07, 6.45) is 1.67. The molecule has 1 aromatic heterocycles. The van der Waals surface area contributed by atoms with Crippen molar-refractivity contribution in [1.29, 1.82) is 0 Å². The first-order valence-corrected chi connectivity index (χ1v) is 10.4. The van der Waals surface area contributed by atoms with E-state index >= 15 is 0 Å². The van der Waals surface area contributed by atoms with Gasteiger partial charge in [-0.15, -0.1) is 0 Å². The molecule has 28 heavy (non-hydrogen) atoms. The van der Waals surface area contributed by atoms with Crippen molar-refractivity contribution in [2.75, 3.05) is 6.61 Å². The average molecular weight is 485 g/mol. The first kappa shape index (κ1) is 21.1. The summed E-state index contributed by atoms with van der Waals surface area (Å²) in [6.45, 7) is 4.17.